The lowest BCUT2D eigenvalue weighted by atomic mass is 10.1. The molecule has 7 nitrogen and oxygen atoms in total. The van der Waals surface area contributed by atoms with Gasteiger partial charge in [0.15, 0.2) is 0 Å². The molecule has 8 heteroatoms. The second kappa shape index (κ2) is 9.16. The fourth-order valence-corrected chi connectivity index (χ4v) is 4.39. The third-order valence-electron chi connectivity index (χ3n) is 4.57. The van der Waals surface area contributed by atoms with Gasteiger partial charge in [0.2, 0.25) is 0 Å². The van der Waals surface area contributed by atoms with Crippen molar-refractivity contribution in [2.24, 2.45) is 0 Å². The van der Waals surface area contributed by atoms with E-state index >= 15 is 0 Å². The van der Waals surface area contributed by atoms with Crippen molar-refractivity contribution in [2.75, 3.05) is 13.2 Å². The summed E-state index contributed by atoms with van der Waals surface area (Å²) in [7, 11) is -4.00. The van der Waals surface area contributed by atoms with Crippen LogP contribution >= 0.6 is 7.82 Å². The molecule has 31 heavy (non-hydrogen) atoms. The molecular formula is C23H20NO6P. The lowest BCUT2D eigenvalue weighted by Crippen LogP contribution is -2.31. The van der Waals surface area contributed by atoms with E-state index in [0.29, 0.717) is 22.6 Å². The summed E-state index contributed by atoms with van der Waals surface area (Å²) in [5.41, 5.74) is 0.776. The summed E-state index contributed by atoms with van der Waals surface area (Å²) in [6, 6.07) is 23.8. The molecule has 2 amide bonds. The molecule has 3 aromatic rings. The van der Waals surface area contributed by atoms with Crippen molar-refractivity contribution in [3.8, 4) is 11.5 Å². The lowest BCUT2D eigenvalue weighted by Gasteiger charge is -2.20. The van der Waals surface area contributed by atoms with Crippen LogP contribution in [0.3, 0.4) is 0 Å². The molecule has 0 N–H and O–H groups in total. The van der Waals surface area contributed by atoms with Crippen molar-refractivity contribution in [1.29, 1.82) is 0 Å². The molecule has 0 aromatic heterocycles. The second-order valence-corrected chi connectivity index (χ2v) is 8.27. The van der Waals surface area contributed by atoms with Crippen molar-refractivity contribution in [2.45, 2.75) is 6.42 Å². The Morgan fingerprint density at radius 3 is 1.61 bits per heavy atom. The minimum Gasteiger partial charge on any atom is -0.395 e. The first-order valence-electron chi connectivity index (χ1n) is 9.75. The first-order valence-corrected chi connectivity index (χ1v) is 11.2. The zero-order valence-electron chi connectivity index (χ0n) is 16.5. The van der Waals surface area contributed by atoms with Gasteiger partial charge in [0, 0.05) is 6.54 Å². The van der Waals surface area contributed by atoms with Gasteiger partial charge >= 0.3 is 7.82 Å². The summed E-state index contributed by atoms with van der Waals surface area (Å²) in [5.74, 6) is -0.0149. The maximum absolute atomic E-state index is 13.2. The van der Waals surface area contributed by atoms with Gasteiger partial charge in [0.05, 0.1) is 17.7 Å². The highest BCUT2D eigenvalue weighted by atomic mass is 31.2. The van der Waals surface area contributed by atoms with E-state index in [1.807, 2.05) is 0 Å². The van der Waals surface area contributed by atoms with Gasteiger partial charge in [-0.15, -0.1) is 0 Å². The monoisotopic (exact) mass is 437 g/mol. The van der Waals surface area contributed by atoms with E-state index in [0.717, 1.165) is 4.90 Å². The van der Waals surface area contributed by atoms with E-state index in [9.17, 15) is 14.2 Å². The molecule has 0 aliphatic carbocycles. The molecule has 0 fully saturated rings. The average molecular weight is 437 g/mol. The highest BCUT2D eigenvalue weighted by Crippen LogP contribution is 2.49. The maximum atomic E-state index is 13.2. The average Bonchev–Trinajstić information content (AvgIpc) is 3.03. The van der Waals surface area contributed by atoms with Crippen molar-refractivity contribution < 1.29 is 27.7 Å². The number of imide groups is 1. The number of hydrogen-bond donors (Lipinski definition) is 0. The molecule has 0 bridgehead atoms. The molecule has 0 unspecified atom stereocenters. The van der Waals surface area contributed by atoms with Gasteiger partial charge in [0.1, 0.15) is 11.5 Å². The van der Waals surface area contributed by atoms with Crippen LogP contribution in [-0.2, 0) is 9.09 Å². The smallest absolute Gasteiger partial charge is 0.395 e. The number of carbonyl (C=O) groups is 2. The first-order chi connectivity index (χ1) is 15.1. The van der Waals surface area contributed by atoms with Crippen LogP contribution < -0.4 is 9.05 Å². The molecule has 1 aliphatic rings. The summed E-state index contributed by atoms with van der Waals surface area (Å²) >= 11 is 0. The third-order valence-corrected chi connectivity index (χ3v) is 5.94. The number of nitrogens with zero attached hydrogens (tertiary/aromatic N) is 1. The first kappa shape index (κ1) is 20.8. The van der Waals surface area contributed by atoms with Crippen LogP contribution in [0.4, 0.5) is 0 Å². The Bertz CT molecular complexity index is 1040. The number of fused-ring (bicyclic) bond motifs is 1. The Morgan fingerprint density at radius 2 is 1.13 bits per heavy atom. The van der Waals surface area contributed by atoms with Crippen molar-refractivity contribution in [3.05, 3.63) is 96.1 Å². The molecular weight excluding hydrogens is 417 g/mol. The van der Waals surface area contributed by atoms with Gasteiger partial charge in [0.25, 0.3) is 11.8 Å². The van der Waals surface area contributed by atoms with E-state index in [-0.39, 0.29) is 31.4 Å². The minimum absolute atomic E-state index is 0.0374. The summed E-state index contributed by atoms with van der Waals surface area (Å²) in [4.78, 5) is 26.0. The van der Waals surface area contributed by atoms with E-state index in [1.165, 1.54) is 0 Å². The van der Waals surface area contributed by atoms with Gasteiger partial charge in [-0.25, -0.2) is 4.57 Å². The van der Waals surface area contributed by atoms with E-state index < -0.39 is 7.82 Å². The Morgan fingerprint density at radius 1 is 0.677 bits per heavy atom. The number of para-hydroxylation sites is 2. The molecule has 0 radical (unpaired) electrons. The number of hydrogen-bond acceptors (Lipinski definition) is 6. The fourth-order valence-electron chi connectivity index (χ4n) is 3.13. The summed E-state index contributed by atoms with van der Waals surface area (Å²) in [6.45, 7) is 0.0906. The Labute approximate surface area is 179 Å². The van der Waals surface area contributed by atoms with E-state index in [1.54, 1.807) is 84.9 Å². The molecule has 3 aromatic carbocycles. The van der Waals surface area contributed by atoms with Crippen LogP contribution in [0.15, 0.2) is 84.9 Å². The number of rotatable bonds is 9. The van der Waals surface area contributed by atoms with Crippen LogP contribution in [0.1, 0.15) is 27.1 Å². The van der Waals surface area contributed by atoms with Crippen molar-refractivity contribution >= 4 is 19.6 Å². The number of phosphoric acid groups is 1. The topological polar surface area (TPSA) is 82.1 Å². The Balaban J connectivity index is 1.39. The molecule has 158 valence electrons. The Kier molecular flexibility index (Phi) is 6.16. The Hall–Kier alpha value is -3.41. The molecule has 1 aliphatic heterocycles. The van der Waals surface area contributed by atoms with Crippen LogP contribution in [0, 0.1) is 0 Å². The molecule has 4 rings (SSSR count). The molecule has 0 spiro atoms. The van der Waals surface area contributed by atoms with Crippen molar-refractivity contribution in [3.63, 3.8) is 0 Å². The normalized spacial score (nSPS) is 13.2. The van der Waals surface area contributed by atoms with Gasteiger partial charge in [-0.05, 0) is 42.8 Å². The number of carbonyl (C=O) groups excluding carboxylic acids is 2. The SMILES string of the molecule is O=C1c2ccccc2C(=O)N1CCCOP(=O)(Oc1ccccc1)Oc1ccccc1. The van der Waals surface area contributed by atoms with Gasteiger partial charge in [-0.3, -0.25) is 19.0 Å². The summed E-state index contributed by atoms with van der Waals surface area (Å²) in [6.07, 6.45) is 0.270. The highest BCUT2D eigenvalue weighted by molar-refractivity contribution is 7.49. The third kappa shape index (κ3) is 4.85. The molecule has 1 heterocycles. The minimum atomic E-state index is -4.00. The number of amides is 2. The van der Waals surface area contributed by atoms with Crippen LogP contribution in [0.2, 0.25) is 0 Å². The predicted molar refractivity (Wildman–Crippen MR) is 114 cm³/mol. The van der Waals surface area contributed by atoms with Gasteiger partial charge in [-0.1, -0.05) is 48.5 Å². The fraction of sp³-hybridized carbons (Fsp3) is 0.130. The quantitative estimate of drug-likeness (QED) is 0.268. The van der Waals surface area contributed by atoms with Crippen LogP contribution in [0.5, 0.6) is 11.5 Å². The zero-order valence-corrected chi connectivity index (χ0v) is 17.4. The zero-order chi connectivity index (χ0) is 21.7. The predicted octanol–water partition coefficient (Wildman–Crippen LogP) is 4.96. The highest BCUT2D eigenvalue weighted by Gasteiger charge is 2.35. The van der Waals surface area contributed by atoms with Gasteiger partial charge in [-0.2, -0.15) is 0 Å². The van der Waals surface area contributed by atoms with Gasteiger partial charge < -0.3 is 9.05 Å². The standard InChI is InChI=1S/C23H20NO6P/c25-22-20-14-7-8-15-21(20)23(26)24(22)16-9-17-28-31(27,29-18-10-3-1-4-11-18)30-19-12-5-2-6-13-19/h1-8,10-15H,9,16-17H2. The molecule has 0 atom stereocenters. The number of benzene rings is 3. The number of phosphoric ester groups is 1. The van der Waals surface area contributed by atoms with Crippen LogP contribution in [0.25, 0.3) is 0 Å². The lowest BCUT2D eigenvalue weighted by molar-refractivity contribution is 0.0645. The summed E-state index contributed by atoms with van der Waals surface area (Å²) in [5, 5.41) is 0. The van der Waals surface area contributed by atoms with E-state index in [4.69, 9.17) is 13.6 Å². The van der Waals surface area contributed by atoms with Crippen molar-refractivity contribution in [1.82, 2.24) is 4.90 Å². The summed E-state index contributed by atoms with van der Waals surface area (Å²) < 4.78 is 29.8. The second-order valence-electron chi connectivity index (χ2n) is 6.75. The van der Waals surface area contributed by atoms with E-state index in [2.05, 4.69) is 0 Å². The molecule has 0 saturated carbocycles. The van der Waals surface area contributed by atoms with Crippen LogP contribution in [-0.4, -0.2) is 29.9 Å². The molecule has 0 saturated heterocycles. The largest absolute Gasteiger partial charge is 0.587 e. The maximum Gasteiger partial charge on any atom is 0.587 e.